The summed E-state index contributed by atoms with van der Waals surface area (Å²) in [5, 5.41) is 9.72. The predicted octanol–water partition coefficient (Wildman–Crippen LogP) is 4.34. The van der Waals surface area contributed by atoms with E-state index in [9.17, 15) is 9.59 Å². The lowest BCUT2D eigenvalue weighted by atomic mass is 9.68. The third-order valence-electron chi connectivity index (χ3n) is 4.14. The van der Waals surface area contributed by atoms with Crippen LogP contribution >= 0.6 is 11.6 Å². The Balaban J connectivity index is 2.12. The monoisotopic (exact) mass is 294 g/mol. The van der Waals surface area contributed by atoms with Crippen LogP contribution in [0.15, 0.2) is 24.3 Å². The fourth-order valence-electron chi connectivity index (χ4n) is 3.12. The molecule has 0 aliphatic heterocycles. The molecule has 1 saturated carbocycles. The zero-order valence-electron chi connectivity index (χ0n) is 11.4. The molecular formula is C16H19ClO3. The number of carbonyl (C=O) groups excluding carboxylic acids is 1. The van der Waals surface area contributed by atoms with E-state index in [1.165, 1.54) is 0 Å². The van der Waals surface area contributed by atoms with E-state index in [0.29, 0.717) is 17.0 Å². The minimum Gasteiger partial charge on any atom is -0.481 e. The third-order valence-corrected chi connectivity index (χ3v) is 4.39. The summed E-state index contributed by atoms with van der Waals surface area (Å²) in [5.74, 6) is -0.791. The van der Waals surface area contributed by atoms with Crippen LogP contribution in [0.2, 0.25) is 5.02 Å². The molecule has 0 radical (unpaired) electrons. The maximum atomic E-state index is 12.4. The van der Waals surface area contributed by atoms with Crippen molar-refractivity contribution in [1.82, 2.24) is 0 Å². The Kier molecular flexibility index (Phi) is 4.81. The number of hydrogen-bond donors (Lipinski definition) is 1. The second-order valence-electron chi connectivity index (χ2n) is 5.74. The van der Waals surface area contributed by atoms with Gasteiger partial charge in [-0.15, -0.1) is 0 Å². The van der Waals surface area contributed by atoms with Crippen molar-refractivity contribution in [2.75, 3.05) is 0 Å². The van der Waals surface area contributed by atoms with Crippen LogP contribution in [-0.4, -0.2) is 16.9 Å². The second-order valence-corrected chi connectivity index (χ2v) is 6.17. The van der Waals surface area contributed by atoms with Gasteiger partial charge in [0.25, 0.3) is 0 Å². The molecule has 0 amide bonds. The first-order valence-corrected chi connectivity index (χ1v) is 7.39. The number of carbonyl (C=O) groups is 2. The first kappa shape index (κ1) is 15.0. The van der Waals surface area contributed by atoms with Gasteiger partial charge in [-0.1, -0.05) is 30.9 Å². The first-order valence-electron chi connectivity index (χ1n) is 7.01. The van der Waals surface area contributed by atoms with Crippen molar-refractivity contribution in [3.05, 3.63) is 34.9 Å². The molecule has 2 rings (SSSR count). The fourth-order valence-corrected chi connectivity index (χ4v) is 3.24. The molecule has 0 bridgehead atoms. The zero-order valence-corrected chi connectivity index (χ0v) is 12.2. The maximum absolute atomic E-state index is 12.4. The minimum atomic E-state index is -0.809. The van der Waals surface area contributed by atoms with Crippen molar-refractivity contribution < 1.29 is 14.7 Å². The van der Waals surface area contributed by atoms with Gasteiger partial charge in [-0.05, 0) is 42.5 Å². The Labute approximate surface area is 123 Å². The minimum absolute atomic E-state index is 0.0183. The average molecular weight is 295 g/mol. The molecule has 4 heteroatoms. The Morgan fingerprint density at radius 1 is 1.05 bits per heavy atom. The van der Waals surface area contributed by atoms with E-state index in [1.807, 2.05) is 0 Å². The molecule has 1 aliphatic rings. The van der Waals surface area contributed by atoms with E-state index in [2.05, 4.69) is 0 Å². The summed E-state index contributed by atoms with van der Waals surface area (Å²) in [4.78, 5) is 23.5. The molecule has 108 valence electrons. The van der Waals surface area contributed by atoms with Crippen molar-refractivity contribution in [1.29, 1.82) is 0 Å². The SMILES string of the molecule is O=C(O)CC1(CC(=O)c2ccc(Cl)cc2)CCCCC1. The highest BCUT2D eigenvalue weighted by molar-refractivity contribution is 6.30. The molecule has 0 saturated heterocycles. The van der Waals surface area contributed by atoms with Crippen molar-refractivity contribution in [2.45, 2.75) is 44.9 Å². The molecule has 1 aromatic rings. The molecule has 1 aliphatic carbocycles. The standard InChI is InChI=1S/C16H19ClO3/c17-13-6-4-12(5-7-13)14(18)10-16(11-15(19)20)8-2-1-3-9-16/h4-7H,1-3,8-11H2,(H,19,20). The normalized spacial score (nSPS) is 17.6. The molecule has 0 heterocycles. The molecular weight excluding hydrogens is 276 g/mol. The summed E-state index contributed by atoms with van der Waals surface area (Å²) in [7, 11) is 0. The number of aliphatic carboxylic acids is 1. The number of halogens is 1. The second kappa shape index (κ2) is 6.40. The molecule has 1 N–H and O–H groups in total. The largest absolute Gasteiger partial charge is 0.481 e. The summed E-state index contributed by atoms with van der Waals surface area (Å²) in [6, 6.07) is 6.81. The molecule has 3 nitrogen and oxygen atoms in total. The van der Waals surface area contributed by atoms with Crippen LogP contribution in [0, 0.1) is 5.41 Å². The van der Waals surface area contributed by atoms with E-state index >= 15 is 0 Å². The van der Waals surface area contributed by atoms with E-state index in [0.717, 1.165) is 32.1 Å². The molecule has 0 unspecified atom stereocenters. The Morgan fingerprint density at radius 3 is 2.20 bits per heavy atom. The highest BCUT2D eigenvalue weighted by Gasteiger charge is 2.36. The van der Waals surface area contributed by atoms with Gasteiger partial charge < -0.3 is 5.11 Å². The van der Waals surface area contributed by atoms with E-state index in [1.54, 1.807) is 24.3 Å². The summed E-state index contributed by atoms with van der Waals surface area (Å²) in [6.07, 6.45) is 5.24. The third kappa shape index (κ3) is 3.83. The van der Waals surface area contributed by atoms with Crippen LogP contribution in [0.4, 0.5) is 0 Å². The lowest BCUT2D eigenvalue weighted by molar-refractivity contribution is -0.140. The van der Waals surface area contributed by atoms with Crippen LogP contribution in [0.5, 0.6) is 0 Å². The zero-order chi connectivity index (χ0) is 14.6. The van der Waals surface area contributed by atoms with Crippen LogP contribution in [0.3, 0.4) is 0 Å². The number of carboxylic acids is 1. The Morgan fingerprint density at radius 2 is 1.65 bits per heavy atom. The van der Waals surface area contributed by atoms with Crippen LogP contribution < -0.4 is 0 Å². The van der Waals surface area contributed by atoms with Crippen LogP contribution in [0.25, 0.3) is 0 Å². The number of benzene rings is 1. The number of Topliss-reactive ketones (excluding diaryl/α,β-unsaturated/α-hetero) is 1. The molecule has 1 aromatic carbocycles. The van der Waals surface area contributed by atoms with Crippen molar-refractivity contribution in [3.8, 4) is 0 Å². The van der Waals surface area contributed by atoms with Crippen molar-refractivity contribution >= 4 is 23.4 Å². The average Bonchev–Trinajstić information content (AvgIpc) is 2.39. The molecule has 0 atom stereocenters. The van der Waals surface area contributed by atoms with Gasteiger partial charge >= 0.3 is 5.97 Å². The lowest BCUT2D eigenvalue weighted by Crippen LogP contribution is -2.30. The maximum Gasteiger partial charge on any atom is 0.303 e. The van der Waals surface area contributed by atoms with Gasteiger partial charge in [0.15, 0.2) is 5.78 Å². The van der Waals surface area contributed by atoms with E-state index in [-0.39, 0.29) is 17.6 Å². The molecule has 0 spiro atoms. The van der Waals surface area contributed by atoms with E-state index < -0.39 is 5.97 Å². The number of ketones is 1. The summed E-state index contributed by atoms with van der Waals surface area (Å²) in [6.45, 7) is 0. The topological polar surface area (TPSA) is 54.4 Å². The predicted molar refractivity (Wildman–Crippen MR) is 78.2 cm³/mol. The van der Waals surface area contributed by atoms with E-state index in [4.69, 9.17) is 16.7 Å². The lowest BCUT2D eigenvalue weighted by Gasteiger charge is -2.35. The van der Waals surface area contributed by atoms with Crippen LogP contribution in [0.1, 0.15) is 55.3 Å². The first-order chi connectivity index (χ1) is 9.51. The summed E-state index contributed by atoms with van der Waals surface area (Å²) in [5.41, 5.74) is 0.255. The fraction of sp³-hybridized carbons (Fsp3) is 0.500. The Bertz CT molecular complexity index is 487. The van der Waals surface area contributed by atoms with Gasteiger partial charge in [-0.3, -0.25) is 9.59 Å². The van der Waals surface area contributed by atoms with Gasteiger partial charge in [0.1, 0.15) is 0 Å². The van der Waals surface area contributed by atoms with Gasteiger partial charge in [0.05, 0.1) is 6.42 Å². The Hall–Kier alpha value is -1.35. The van der Waals surface area contributed by atoms with Crippen LogP contribution in [-0.2, 0) is 4.79 Å². The van der Waals surface area contributed by atoms with Gasteiger partial charge in [0, 0.05) is 17.0 Å². The molecule has 20 heavy (non-hydrogen) atoms. The number of rotatable bonds is 5. The smallest absolute Gasteiger partial charge is 0.303 e. The highest BCUT2D eigenvalue weighted by Crippen LogP contribution is 2.43. The quantitative estimate of drug-likeness (QED) is 0.822. The van der Waals surface area contributed by atoms with Crippen molar-refractivity contribution in [3.63, 3.8) is 0 Å². The number of hydrogen-bond acceptors (Lipinski definition) is 2. The molecule has 0 aromatic heterocycles. The van der Waals surface area contributed by atoms with Gasteiger partial charge in [0.2, 0.25) is 0 Å². The highest BCUT2D eigenvalue weighted by atomic mass is 35.5. The summed E-state index contributed by atoms with van der Waals surface area (Å²) < 4.78 is 0. The van der Waals surface area contributed by atoms with Gasteiger partial charge in [-0.25, -0.2) is 0 Å². The van der Waals surface area contributed by atoms with Gasteiger partial charge in [-0.2, -0.15) is 0 Å². The van der Waals surface area contributed by atoms with Crippen molar-refractivity contribution in [2.24, 2.45) is 5.41 Å². The number of carboxylic acid groups (broad SMARTS) is 1. The molecule has 1 fully saturated rings. The summed E-state index contributed by atoms with van der Waals surface area (Å²) >= 11 is 5.82.